The van der Waals surface area contributed by atoms with Gasteiger partial charge in [-0.3, -0.25) is 4.79 Å². The average molecular weight is 448 g/mol. The normalized spacial score (nSPS) is 21.6. The lowest BCUT2D eigenvalue weighted by atomic mass is 9.86. The number of methoxy groups -OCH3 is 1. The molecule has 0 radical (unpaired) electrons. The summed E-state index contributed by atoms with van der Waals surface area (Å²) in [5.41, 5.74) is 3.16. The third-order valence-corrected chi connectivity index (χ3v) is 7.11. The Bertz CT molecular complexity index is 1110. The van der Waals surface area contributed by atoms with Gasteiger partial charge in [0.2, 0.25) is 5.91 Å². The molecule has 3 aromatic rings. The first-order valence-electron chi connectivity index (χ1n) is 12.1. The van der Waals surface area contributed by atoms with Gasteiger partial charge in [0.25, 0.3) is 0 Å². The fourth-order valence-corrected chi connectivity index (χ4v) is 4.92. The summed E-state index contributed by atoms with van der Waals surface area (Å²) in [5.74, 6) is 2.27. The summed E-state index contributed by atoms with van der Waals surface area (Å²) in [7, 11) is 3.64. The van der Waals surface area contributed by atoms with E-state index < -0.39 is 0 Å². The van der Waals surface area contributed by atoms with Gasteiger partial charge in [0.05, 0.1) is 17.8 Å². The van der Waals surface area contributed by atoms with E-state index in [9.17, 15) is 4.79 Å². The number of benzene rings is 1. The number of aromatic nitrogens is 3. The van der Waals surface area contributed by atoms with Crippen LogP contribution in [-0.4, -0.2) is 41.1 Å². The smallest absolute Gasteiger partial charge is 0.223 e. The van der Waals surface area contributed by atoms with E-state index in [1.165, 1.54) is 10.9 Å². The predicted molar refractivity (Wildman–Crippen MR) is 129 cm³/mol. The van der Waals surface area contributed by atoms with Gasteiger partial charge in [0.1, 0.15) is 11.6 Å². The van der Waals surface area contributed by atoms with Gasteiger partial charge in [-0.25, -0.2) is 9.97 Å². The van der Waals surface area contributed by atoms with Gasteiger partial charge in [0.15, 0.2) is 0 Å². The Balaban J connectivity index is 1.43. The number of H-pyrrole nitrogens is 1. The van der Waals surface area contributed by atoms with Gasteiger partial charge in [-0.05, 0) is 50.2 Å². The number of carbonyl (C=O) groups excluding carboxylic acids is 1. The van der Waals surface area contributed by atoms with E-state index in [0.29, 0.717) is 12.3 Å². The predicted octanol–water partition coefficient (Wildman–Crippen LogP) is 4.48. The molecule has 174 valence electrons. The van der Waals surface area contributed by atoms with Crippen LogP contribution in [-0.2, 0) is 16.0 Å². The molecule has 5 rings (SSSR count). The zero-order chi connectivity index (χ0) is 22.8. The molecule has 0 unspecified atom stereocenters. The number of amides is 1. The maximum absolute atomic E-state index is 13.3. The van der Waals surface area contributed by atoms with E-state index in [1.807, 2.05) is 19.2 Å². The minimum atomic E-state index is -0.218. The Morgan fingerprint density at radius 3 is 2.67 bits per heavy atom. The van der Waals surface area contributed by atoms with Crippen molar-refractivity contribution >= 4 is 22.6 Å². The van der Waals surface area contributed by atoms with Gasteiger partial charge < -0.3 is 20.4 Å². The molecule has 33 heavy (non-hydrogen) atoms. The number of ether oxygens (including phenoxy) is 1. The number of hydrogen-bond acceptors (Lipinski definition) is 5. The minimum absolute atomic E-state index is 0.0235. The highest BCUT2D eigenvalue weighted by molar-refractivity contribution is 5.83. The van der Waals surface area contributed by atoms with Crippen molar-refractivity contribution in [2.75, 3.05) is 19.5 Å². The molecule has 0 spiro atoms. The van der Waals surface area contributed by atoms with E-state index in [0.717, 1.165) is 61.4 Å². The molecule has 0 bridgehead atoms. The summed E-state index contributed by atoms with van der Waals surface area (Å²) < 4.78 is 5.49. The molecule has 2 saturated carbocycles. The zero-order valence-electron chi connectivity index (χ0n) is 19.4. The molecule has 1 atom stereocenters. The van der Waals surface area contributed by atoms with Crippen molar-refractivity contribution in [1.29, 1.82) is 0 Å². The first-order chi connectivity index (χ1) is 16.1. The van der Waals surface area contributed by atoms with Gasteiger partial charge >= 0.3 is 0 Å². The number of anilines is 1. The van der Waals surface area contributed by atoms with Crippen LogP contribution >= 0.6 is 0 Å². The molecule has 2 aliphatic rings. The number of nitrogens with zero attached hydrogens (tertiary/aromatic N) is 2. The van der Waals surface area contributed by atoms with Crippen LogP contribution in [0.3, 0.4) is 0 Å². The highest BCUT2D eigenvalue weighted by Crippen LogP contribution is 2.39. The van der Waals surface area contributed by atoms with Crippen molar-refractivity contribution in [1.82, 2.24) is 20.3 Å². The Hall–Kier alpha value is -2.93. The molecule has 0 saturated heterocycles. The summed E-state index contributed by atoms with van der Waals surface area (Å²) in [5, 5.41) is 7.73. The molecule has 2 aromatic heterocycles. The molecule has 2 fully saturated rings. The highest BCUT2D eigenvalue weighted by Gasteiger charge is 2.31. The summed E-state index contributed by atoms with van der Waals surface area (Å²) in [6.45, 7) is 0. The molecule has 3 N–H and O–H groups in total. The Morgan fingerprint density at radius 1 is 1.15 bits per heavy atom. The number of carbonyl (C=O) groups is 1. The lowest BCUT2D eigenvalue weighted by Crippen LogP contribution is -2.38. The van der Waals surface area contributed by atoms with E-state index in [1.54, 1.807) is 7.11 Å². The van der Waals surface area contributed by atoms with Crippen LogP contribution in [0.4, 0.5) is 5.82 Å². The third kappa shape index (κ3) is 4.88. The molecule has 7 nitrogen and oxygen atoms in total. The van der Waals surface area contributed by atoms with E-state index in [-0.39, 0.29) is 24.0 Å². The Kier molecular flexibility index (Phi) is 6.31. The second-order valence-electron chi connectivity index (χ2n) is 9.39. The first-order valence-corrected chi connectivity index (χ1v) is 12.1. The number of fused-ring (bicyclic) bond motifs is 1. The molecule has 1 aromatic carbocycles. The zero-order valence-corrected chi connectivity index (χ0v) is 19.4. The molecule has 2 aliphatic carbocycles. The second-order valence-corrected chi connectivity index (χ2v) is 9.39. The third-order valence-electron chi connectivity index (χ3n) is 7.11. The van der Waals surface area contributed by atoms with Gasteiger partial charge in [-0.1, -0.05) is 18.2 Å². The van der Waals surface area contributed by atoms with Crippen LogP contribution in [0.15, 0.2) is 36.5 Å². The topological polar surface area (TPSA) is 91.9 Å². The highest BCUT2D eigenvalue weighted by atomic mass is 16.5. The number of nitrogens with one attached hydrogen (secondary N) is 3. The van der Waals surface area contributed by atoms with Gasteiger partial charge in [-0.15, -0.1) is 0 Å². The molecule has 1 amide bonds. The van der Waals surface area contributed by atoms with Crippen molar-refractivity contribution in [3.05, 3.63) is 53.6 Å². The number of para-hydroxylation sites is 1. The number of hydrogen-bond donors (Lipinski definition) is 3. The Morgan fingerprint density at radius 2 is 1.94 bits per heavy atom. The lowest BCUT2D eigenvalue weighted by Gasteiger charge is -2.28. The fraction of sp³-hybridized carbons (Fsp3) is 0.500. The Labute approximate surface area is 194 Å². The standard InChI is InChI=1S/C26H33N5O2/c1-27-24-14-23(29-25(31-24)16-7-8-16)22(13-18-15-28-21-6-4-3-5-20(18)21)30-26(32)17-9-11-19(33-2)12-10-17/h3-6,14-17,19,22,28H,7-13H2,1-2H3,(H,30,32)(H,27,29,31)/t17?,19?,22-/m0/s1. The van der Waals surface area contributed by atoms with Crippen LogP contribution in [0.2, 0.25) is 0 Å². The van der Waals surface area contributed by atoms with Crippen LogP contribution in [0.25, 0.3) is 10.9 Å². The largest absolute Gasteiger partial charge is 0.381 e. The average Bonchev–Trinajstić information content (AvgIpc) is 3.64. The van der Waals surface area contributed by atoms with Crippen molar-refractivity contribution in [2.24, 2.45) is 5.92 Å². The quantitative estimate of drug-likeness (QED) is 0.473. The van der Waals surface area contributed by atoms with Crippen LogP contribution < -0.4 is 10.6 Å². The van der Waals surface area contributed by atoms with Crippen molar-refractivity contribution < 1.29 is 9.53 Å². The summed E-state index contributed by atoms with van der Waals surface area (Å²) in [4.78, 5) is 26.3. The lowest BCUT2D eigenvalue weighted by molar-refractivity contribution is -0.127. The van der Waals surface area contributed by atoms with Crippen LogP contribution in [0, 0.1) is 5.92 Å². The first kappa shape index (κ1) is 21.9. The molecule has 2 heterocycles. The van der Waals surface area contributed by atoms with Crippen molar-refractivity contribution in [3.63, 3.8) is 0 Å². The van der Waals surface area contributed by atoms with E-state index >= 15 is 0 Å². The maximum atomic E-state index is 13.3. The number of rotatable bonds is 8. The fourth-order valence-electron chi connectivity index (χ4n) is 4.92. The van der Waals surface area contributed by atoms with Gasteiger partial charge in [-0.2, -0.15) is 0 Å². The van der Waals surface area contributed by atoms with Crippen molar-refractivity contribution in [2.45, 2.75) is 63.0 Å². The summed E-state index contributed by atoms with van der Waals surface area (Å²) in [6, 6.07) is 10.0. The van der Waals surface area contributed by atoms with Gasteiger partial charge in [0, 0.05) is 55.6 Å². The molecule has 7 heteroatoms. The molecular formula is C26H33N5O2. The van der Waals surface area contributed by atoms with Crippen molar-refractivity contribution in [3.8, 4) is 0 Å². The maximum Gasteiger partial charge on any atom is 0.223 e. The van der Waals surface area contributed by atoms with Crippen LogP contribution in [0.1, 0.15) is 67.6 Å². The van der Waals surface area contributed by atoms with E-state index in [2.05, 4.69) is 45.0 Å². The number of aromatic amines is 1. The van der Waals surface area contributed by atoms with E-state index in [4.69, 9.17) is 9.72 Å². The monoisotopic (exact) mass is 447 g/mol. The summed E-state index contributed by atoms with van der Waals surface area (Å²) in [6.07, 6.45) is 8.87. The minimum Gasteiger partial charge on any atom is -0.381 e. The molecular weight excluding hydrogens is 414 g/mol. The van der Waals surface area contributed by atoms with Crippen LogP contribution in [0.5, 0.6) is 0 Å². The summed E-state index contributed by atoms with van der Waals surface area (Å²) >= 11 is 0. The SMILES string of the molecule is CNc1cc([C@H](Cc2c[nH]c3ccccc23)NC(=O)C2CCC(OC)CC2)nc(C2CC2)n1. The molecule has 0 aliphatic heterocycles. The second kappa shape index (κ2) is 9.51.